The molecule has 0 heterocycles. The van der Waals surface area contributed by atoms with Gasteiger partial charge in [0.1, 0.15) is 5.71 Å². The number of aliphatic imine (C=N–C) groups is 1. The maximum absolute atomic E-state index is 12.6. The van der Waals surface area contributed by atoms with Crippen molar-refractivity contribution in [1.29, 1.82) is 0 Å². The molecule has 0 bridgehead atoms. The van der Waals surface area contributed by atoms with E-state index in [0.717, 1.165) is 24.0 Å². The standard InChI is InChI=1S/C22H26N2O3/c1-23-21(18-9-8-16-5-4-6-17(16)14-18)22(25)24-12-11-15-7-10-19(26-2)20(13-15)27-3/h7-10,13-14H,4-6,11-12H2,1-3H3,(H,24,25)/b23-21-. The molecule has 0 aliphatic heterocycles. The Balaban J connectivity index is 1.61. The highest BCUT2D eigenvalue weighted by atomic mass is 16.5. The van der Waals surface area contributed by atoms with E-state index in [2.05, 4.69) is 22.4 Å². The van der Waals surface area contributed by atoms with Gasteiger partial charge in [-0.15, -0.1) is 0 Å². The van der Waals surface area contributed by atoms with Gasteiger partial charge in [-0.3, -0.25) is 9.79 Å². The molecule has 1 aliphatic rings. The van der Waals surface area contributed by atoms with E-state index < -0.39 is 0 Å². The smallest absolute Gasteiger partial charge is 0.270 e. The predicted molar refractivity (Wildman–Crippen MR) is 107 cm³/mol. The number of methoxy groups -OCH3 is 2. The second-order valence-corrected chi connectivity index (χ2v) is 6.60. The topological polar surface area (TPSA) is 59.9 Å². The number of carbonyl (C=O) groups excluding carboxylic acids is 1. The normalized spacial score (nSPS) is 13.2. The quantitative estimate of drug-likeness (QED) is 0.767. The van der Waals surface area contributed by atoms with E-state index in [4.69, 9.17) is 9.47 Å². The number of ether oxygens (including phenoxy) is 2. The molecule has 2 aromatic carbocycles. The summed E-state index contributed by atoms with van der Waals surface area (Å²) in [4.78, 5) is 16.8. The summed E-state index contributed by atoms with van der Waals surface area (Å²) >= 11 is 0. The fraction of sp³-hybridized carbons (Fsp3) is 0.364. The Hall–Kier alpha value is -2.82. The SMILES string of the molecule is C/N=C(\C(=O)NCCc1ccc(OC)c(OC)c1)c1ccc2c(c1)CCC2. The molecule has 0 saturated carbocycles. The Morgan fingerprint density at radius 3 is 2.56 bits per heavy atom. The molecule has 3 rings (SSSR count). The monoisotopic (exact) mass is 366 g/mol. The van der Waals surface area contributed by atoms with Crippen molar-refractivity contribution < 1.29 is 14.3 Å². The molecule has 5 heteroatoms. The summed E-state index contributed by atoms with van der Waals surface area (Å²) in [5, 5.41) is 2.97. The van der Waals surface area contributed by atoms with E-state index in [-0.39, 0.29) is 5.91 Å². The zero-order valence-electron chi connectivity index (χ0n) is 16.2. The minimum absolute atomic E-state index is 0.143. The first kappa shape index (κ1) is 19.0. The lowest BCUT2D eigenvalue weighted by atomic mass is 10.0. The summed E-state index contributed by atoms with van der Waals surface area (Å²) in [6, 6.07) is 12.0. The average molecular weight is 366 g/mol. The third-order valence-corrected chi connectivity index (χ3v) is 4.96. The highest BCUT2D eigenvalue weighted by molar-refractivity contribution is 6.45. The molecule has 142 valence electrons. The van der Waals surface area contributed by atoms with Crippen LogP contribution in [0.1, 0.15) is 28.7 Å². The zero-order valence-corrected chi connectivity index (χ0v) is 16.2. The van der Waals surface area contributed by atoms with Gasteiger partial charge >= 0.3 is 0 Å². The number of rotatable bonds is 7. The summed E-state index contributed by atoms with van der Waals surface area (Å²) in [6.45, 7) is 0.526. The summed E-state index contributed by atoms with van der Waals surface area (Å²) in [5.74, 6) is 1.24. The fourth-order valence-electron chi connectivity index (χ4n) is 3.52. The summed E-state index contributed by atoms with van der Waals surface area (Å²) in [6.07, 6.45) is 4.11. The molecule has 0 fully saturated rings. The van der Waals surface area contributed by atoms with E-state index in [1.54, 1.807) is 21.3 Å². The highest BCUT2D eigenvalue weighted by Crippen LogP contribution is 2.27. The molecule has 0 unspecified atom stereocenters. The van der Waals surface area contributed by atoms with Crippen LogP contribution in [0.3, 0.4) is 0 Å². The van der Waals surface area contributed by atoms with E-state index in [0.29, 0.717) is 30.2 Å². The molecule has 1 aliphatic carbocycles. The summed E-state index contributed by atoms with van der Waals surface area (Å²) in [7, 11) is 4.89. The summed E-state index contributed by atoms with van der Waals surface area (Å²) in [5.41, 5.74) is 5.18. The molecular weight excluding hydrogens is 340 g/mol. The van der Waals surface area contributed by atoms with Crippen molar-refractivity contribution in [2.45, 2.75) is 25.7 Å². The number of amides is 1. The van der Waals surface area contributed by atoms with Crippen molar-refractivity contribution in [3.05, 3.63) is 58.7 Å². The predicted octanol–water partition coefficient (Wildman–Crippen LogP) is 2.97. The molecule has 27 heavy (non-hydrogen) atoms. The fourth-order valence-corrected chi connectivity index (χ4v) is 3.52. The zero-order chi connectivity index (χ0) is 19.2. The Morgan fingerprint density at radius 2 is 1.81 bits per heavy atom. The van der Waals surface area contributed by atoms with E-state index in [9.17, 15) is 4.79 Å². The first-order valence-corrected chi connectivity index (χ1v) is 9.24. The average Bonchev–Trinajstić information content (AvgIpc) is 3.16. The van der Waals surface area contributed by atoms with Crippen LogP contribution in [0.2, 0.25) is 0 Å². The van der Waals surface area contributed by atoms with Crippen LogP contribution < -0.4 is 14.8 Å². The summed E-state index contributed by atoms with van der Waals surface area (Å²) < 4.78 is 10.6. The number of hydrogen-bond donors (Lipinski definition) is 1. The van der Waals surface area contributed by atoms with E-state index >= 15 is 0 Å². The first-order chi connectivity index (χ1) is 13.2. The number of aryl methyl sites for hydroxylation is 2. The van der Waals surface area contributed by atoms with Gasteiger partial charge in [0.2, 0.25) is 0 Å². The molecule has 2 aromatic rings. The second kappa shape index (κ2) is 8.71. The van der Waals surface area contributed by atoms with Gasteiger partial charge in [0.05, 0.1) is 14.2 Å². The number of nitrogens with one attached hydrogen (secondary N) is 1. The number of carbonyl (C=O) groups is 1. The third-order valence-electron chi connectivity index (χ3n) is 4.96. The Bertz CT molecular complexity index is 859. The van der Waals surface area contributed by atoms with Crippen LogP contribution in [0.15, 0.2) is 41.4 Å². The molecule has 0 atom stereocenters. The van der Waals surface area contributed by atoms with Crippen molar-refractivity contribution in [3.63, 3.8) is 0 Å². The van der Waals surface area contributed by atoms with E-state index in [1.807, 2.05) is 24.3 Å². The van der Waals surface area contributed by atoms with Crippen LogP contribution in [-0.2, 0) is 24.1 Å². The highest BCUT2D eigenvalue weighted by Gasteiger charge is 2.17. The minimum Gasteiger partial charge on any atom is -0.493 e. The van der Waals surface area contributed by atoms with Crippen molar-refractivity contribution in [2.75, 3.05) is 27.8 Å². The molecule has 1 amide bonds. The van der Waals surface area contributed by atoms with Crippen molar-refractivity contribution >= 4 is 11.6 Å². The van der Waals surface area contributed by atoms with E-state index in [1.165, 1.54) is 17.5 Å². The number of hydrogen-bond acceptors (Lipinski definition) is 4. The van der Waals surface area contributed by atoms with Gasteiger partial charge in [0.25, 0.3) is 5.91 Å². The maximum atomic E-state index is 12.6. The molecule has 0 radical (unpaired) electrons. The molecule has 1 N–H and O–H groups in total. The van der Waals surface area contributed by atoms with Crippen molar-refractivity contribution in [2.24, 2.45) is 4.99 Å². The van der Waals surface area contributed by atoms with Gasteiger partial charge in [0, 0.05) is 19.2 Å². The maximum Gasteiger partial charge on any atom is 0.270 e. The van der Waals surface area contributed by atoms with Gasteiger partial charge in [-0.05, 0) is 60.6 Å². The molecule has 0 saturated heterocycles. The van der Waals surface area contributed by atoms with Gasteiger partial charge in [0.15, 0.2) is 11.5 Å². The van der Waals surface area contributed by atoms with Gasteiger partial charge in [-0.2, -0.15) is 0 Å². The van der Waals surface area contributed by atoms with Crippen molar-refractivity contribution in [3.8, 4) is 11.5 Å². The van der Waals surface area contributed by atoms with Gasteiger partial charge in [-0.1, -0.05) is 18.2 Å². The van der Waals surface area contributed by atoms with Crippen LogP contribution in [0.4, 0.5) is 0 Å². The van der Waals surface area contributed by atoms with Gasteiger partial charge < -0.3 is 14.8 Å². The van der Waals surface area contributed by atoms with Crippen LogP contribution in [0.25, 0.3) is 0 Å². The minimum atomic E-state index is -0.143. The third kappa shape index (κ3) is 4.30. The molecular formula is C22H26N2O3. The lowest BCUT2D eigenvalue weighted by Crippen LogP contribution is -2.33. The van der Waals surface area contributed by atoms with Crippen LogP contribution in [0, 0.1) is 0 Å². The first-order valence-electron chi connectivity index (χ1n) is 9.24. The molecule has 5 nitrogen and oxygen atoms in total. The Kier molecular flexibility index (Phi) is 6.12. The van der Waals surface area contributed by atoms with Gasteiger partial charge in [-0.25, -0.2) is 0 Å². The van der Waals surface area contributed by atoms with Crippen LogP contribution >= 0.6 is 0 Å². The number of nitrogens with zero attached hydrogens (tertiary/aromatic N) is 1. The van der Waals surface area contributed by atoms with Crippen molar-refractivity contribution in [1.82, 2.24) is 5.32 Å². The Morgan fingerprint density at radius 1 is 1.04 bits per heavy atom. The second-order valence-electron chi connectivity index (χ2n) is 6.60. The largest absolute Gasteiger partial charge is 0.493 e. The lowest BCUT2D eigenvalue weighted by molar-refractivity contribution is -0.114. The lowest BCUT2D eigenvalue weighted by Gasteiger charge is -2.11. The number of benzene rings is 2. The Labute approximate surface area is 160 Å². The number of fused-ring (bicyclic) bond motifs is 1. The molecule has 0 aromatic heterocycles. The van der Waals surface area contributed by atoms with Crippen LogP contribution in [-0.4, -0.2) is 39.4 Å². The van der Waals surface area contributed by atoms with Crippen LogP contribution in [0.5, 0.6) is 11.5 Å². The molecule has 0 spiro atoms.